The van der Waals surface area contributed by atoms with E-state index in [1.54, 1.807) is 17.9 Å². The Morgan fingerprint density at radius 3 is 2.39 bits per heavy atom. The van der Waals surface area contributed by atoms with E-state index in [1.165, 1.54) is 28.6 Å². The predicted molar refractivity (Wildman–Crippen MR) is 104 cm³/mol. The number of nitrogens with zero attached hydrogens (tertiary/aromatic N) is 3. The van der Waals surface area contributed by atoms with Gasteiger partial charge in [0.25, 0.3) is 0 Å². The summed E-state index contributed by atoms with van der Waals surface area (Å²) >= 11 is 0. The van der Waals surface area contributed by atoms with Gasteiger partial charge in [-0.3, -0.25) is 0 Å². The zero-order valence-electron chi connectivity index (χ0n) is 16.5. The molecule has 166 valence electrons. The minimum Gasteiger partial charge on any atom is -0.435 e. The highest BCUT2D eigenvalue weighted by molar-refractivity contribution is 7.89. The molecule has 2 aromatic rings. The molecule has 0 radical (unpaired) electrons. The Morgan fingerprint density at radius 1 is 1.19 bits per heavy atom. The number of rotatable bonds is 6. The summed E-state index contributed by atoms with van der Waals surface area (Å²) in [6, 6.07) is 6.33. The second-order valence-corrected chi connectivity index (χ2v) is 9.21. The Balaban J connectivity index is 1.33. The van der Waals surface area contributed by atoms with Gasteiger partial charge >= 0.3 is 12.6 Å². The number of halogens is 2. The largest absolute Gasteiger partial charge is 0.435 e. The molecular weight excluding hydrogens is 434 g/mol. The molecule has 2 aliphatic heterocycles. The van der Waals surface area contributed by atoms with E-state index < -0.39 is 16.6 Å². The molecule has 12 heteroatoms. The van der Waals surface area contributed by atoms with Gasteiger partial charge in [-0.2, -0.15) is 13.1 Å². The van der Waals surface area contributed by atoms with Crippen molar-refractivity contribution in [2.45, 2.75) is 25.0 Å². The number of aryl methyl sites for hydroxylation is 1. The van der Waals surface area contributed by atoms with Crippen molar-refractivity contribution in [1.82, 2.24) is 19.7 Å². The Morgan fingerprint density at radius 2 is 1.84 bits per heavy atom. The molecule has 1 aromatic carbocycles. The topological polar surface area (TPSA) is 105 Å². The molecule has 0 fully saturated rings. The van der Waals surface area contributed by atoms with Crippen LogP contribution >= 0.6 is 0 Å². The number of aromatic nitrogens is 1. The minimum absolute atomic E-state index is 0.00667. The number of ether oxygens (including phenoxy) is 1. The first-order valence-corrected chi connectivity index (χ1v) is 10.9. The molecule has 0 bridgehead atoms. The molecule has 1 aromatic heterocycles. The fourth-order valence-electron chi connectivity index (χ4n) is 3.58. The molecule has 4 rings (SSSR count). The number of hydrogen-bond donors (Lipinski definition) is 1. The third kappa shape index (κ3) is 4.54. The first-order valence-electron chi connectivity index (χ1n) is 9.42. The van der Waals surface area contributed by atoms with Crippen LogP contribution in [0.1, 0.15) is 11.5 Å². The Hall–Kier alpha value is -2.99. The van der Waals surface area contributed by atoms with E-state index in [-0.39, 0.29) is 36.3 Å². The standard InChI is InChI=1S/C19H20F2N4O5S/c1-12-6-15(23-30-12)7-22-19(26)24-8-13-10-25(11-14(13)9-24)31(27,28)17-4-2-16(3-5-17)29-18(20)21/h2-6,18H,7-11H2,1H3,(H,22,26). The Kier molecular flexibility index (Phi) is 5.67. The van der Waals surface area contributed by atoms with Crippen molar-refractivity contribution in [3.8, 4) is 5.75 Å². The third-order valence-electron chi connectivity index (χ3n) is 5.07. The van der Waals surface area contributed by atoms with Crippen molar-refractivity contribution in [2.24, 2.45) is 0 Å². The first kappa shape index (κ1) is 21.2. The monoisotopic (exact) mass is 454 g/mol. The van der Waals surface area contributed by atoms with E-state index in [0.717, 1.165) is 11.1 Å². The lowest BCUT2D eigenvalue weighted by Crippen LogP contribution is -2.41. The summed E-state index contributed by atoms with van der Waals surface area (Å²) in [4.78, 5) is 14.0. The van der Waals surface area contributed by atoms with Gasteiger partial charge in [-0.1, -0.05) is 5.16 Å². The normalized spacial score (nSPS) is 16.8. The molecular formula is C19H20F2N4O5S. The average Bonchev–Trinajstić information content (AvgIpc) is 3.41. The third-order valence-corrected chi connectivity index (χ3v) is 6.88. The second kappa shape index (κ2) is 8.27. The molecule has 2 amide bonds. The smallest absolute Gasteiger partial charge is 0.387 e. The van der Waals surface area contributed by atoms with Gasteiger partial charge in [-0.15, -0.1) is 0 Å². The highest BCUT2D eigenvalue weighted by Gasteiger charge is 2.37. The molecule has 0 spiro atoms. The highest BCUT2D eigenvalue weighted by Crippen LogP contribution is 2.30. The number of carbonyl (C=O) groups excluding carboxylic acids is 1. The molecule has 0 atom stereocenters. The number of carbonyl (C=O) groups is 1. The van der Waals surface area contributed by atoms with Gasteiger partial charge in [-0.05, 0) is 42.3 Å². The maximum Gasteiger partial charge on any atom is 0.387 e. The molecule has 0 saturated heterocycles. The number of benzene rings is 1. The fraction of sp³-hybridized carbons (Fsp3) is 0.368. The number of amides is 2. The quantitative estimate of drug-likeness (QED) is 0.671. The molecule has 2 aliphatic rings. The lowest BCUT2D eigenvalue weighted by atomic mass is 10.2. The molecule has 0 unspecified atom stereocenters. The summed E-state index contributed by atoms with van der Waals surface area (Å²) < 4.78 is 60.8. The highest BCUT2D eigenvalue weighted by atomic mass is 32.2. The van der Waals surface area contributed by atoms with E-state index >= 15 is 0 Å². The van der Waals surface area contributed by atoms with Crippen molar-refractivity contribution in [3.63, 3.8) is 0 Å². The fourth-order valence-corrected chi connectivity index (χ4v) is 5.01. The zero-order valence-corrected chi connectivity index (χ0v) is 17.4. The van der Waals surface area contributed by atoms with E-state index in [1.807, 2.05) is 0 Å². The van der Waals surface area contributed by atoms with E-state index in [9.17, 15) is 22.0 Å². The number of nitrogens with one attached hydrogen (secondary N) is 1. The van der Waals surface area contributed by atoms with Gasteiger partial charge in [0.1, 0.15) is 17.2 Å². The van der Waals surface area contributed by atoms with E-state index in [0.29, 0.717) is 24.5 Å². The molecule has 3 heterocycles. The van der Waals surface area contributed by atoms with Crippen LogP contribution in [-0.4, -0.2) is 61.6 Å². The van der Waals surface area contributed by atoms with Crippen molar-refractivity contribution >= 4 is 16.1 Å². The minimum atomic E-state index is -3.80. The maximum atomic E-state index is 12.9. The number of urea groups is 1. The number of alkyl halides is 2. The van der Waals surface area contributed by atoms with Crippen molar-refractivity contribution in [3.05, 3.63) is 52.9 Å². The molecule has 0 saturated carbocycles. The second-order valence-electron chi connectivity index (χ2n) is 7.27. The zero-order chi connectivity index (χ0) is 22.2. The summed E-state index contributed by atoms with van der Waals surface area (Å²) in [6.07, 6.45) is 0. The van der Waals surface area contributed by atoms with Crippen LogP contribution in [0.4, 0.5) is 13.6 Å². The van der Waals surface area contributed by atoms with Gasteiger partial charge in [0, 0.05) is 32.2 Å². The van der Waals surface area contributed by atoms with Crippen molar-refractivity contribution < 1.29 is 31.3 Å². The molecule has 1 N–H and O–H groups in total. The molecule has 31 heavy (non-hydrogen) atoms. The average molecular weight is 454 g/mol. The predicted octanol–water partition coefficient (Wildman–Crippen LogP) is 2.11. The van der Waals surface area contributed by atoms with Crippen molar-refractivity contribution in [2.75, 3.05) is 26.2 Å². The van der Waals surface area contributed by atoms with Gasteiger partial charge in [0.2, 0.25) is 10.0 Å². The van der Waals surface area contributed by atoms with Crippen LogP contribution in [0.25, 0.3) is 0 Å². The van der Waals surface area contributed by atoms with Crippen LogP contribution in [0.3, 0.4) is 0 Å². The van der Waals surface area contributed by atoms with E-state index in [2.05, 4.69) is 15.2 Å². The maximum absolute atomic E-state index is 12.9. The van der Waals surface area contributed by atoms with E-state index in [4.69, 9.17) is 4.52 Å². The Bertz CT molecular complexity index is 1100. The number of hydrogen-bond acceptors (Lipinski definition) is 6. The molecule has 9 nitrogen and oxygen atoms in total. The van der Waals surface area contributed by atoms with Gasteiger partial charge < -0.3 is 19.5 Å². The number of sulfonamides is 1. The summed E-state index contributed by atoms with van der Waals surface area (Å²) in [5.74, 6) is 0.543. The van der Waals surface area contributed by atoms with Crippen molar-refractivity contribution in [1.29, 1.82) is 0 Å². The van der Waals surface area contributed by atoms with Gasteiger partial charge in [0.05, 0.1) is 11.4 Å². The summed E-state index contributed by atoms with van der Waals surface area (Å²) in [7, 11) is -3.80. The lowest BCUT2D eigenvalue weighted by Gasteiger charge is -2.23. The van der Waals surface area contributed by atoms with Crippen LogP contribution in [0.15, 0.2) is 50.9 Å². The van der Waals surface area contributed by atoms with Gasteiger partial charge in [-0.25, -0.2) is 13.2 Å². The van der Waals surface area contributed by atoms with Crippen LogP contribution < -0.4 is 10.1 Å². The summed E-state index contributed by atoms with van der Waals surface area (Å²) in [5.41, 5.74) is 2.38. The van der Waals surface area contributed by atoms with Crippen LogP contribution in [-0.2, 0) is 16.6 Å². The molecule has 0 aliphatic carbocycles. The van der Waals surface area contributed by atoms with Gasteiger partial charge in [0.15, 0.2) is 0 Å². The summed E-state index contributed by atoms with van der Waals surface area (Å²) in [6.45, 7) is 0.0619. The summed E-state index contributed by atoms with van der Waals surface area (Å²) in [5, 5.41) is 6.59. The Labute approximate surface area is 177 Å². The first-order chi connectivity index (χ1) is 14.7. The SMILES string of the molecule is Cc1cc(CNC(=O)N2CC3=C(C2)CN(S(=O)(=O)c2ccc(OC(F)F)cc2)C3)no1. The van der Waals surface area contributed by atoms with Crippen LogP contribution in [0.2, 0.25) is 0 Å². The lowest BCUT2D eigenvalue weighted by molar-refractivity contribution is -0.0498. The van der Waals surface area contributed by atoms with Crippen LogP contribution in [0, 0.1) is 6.92 Å². The van der Waals surface area contributed by atoms with Crippen LogP contribution in [0.5, 0.6) is 5.75 Å².